The number of carbonyl (C=O) groups excluding carboxylic acids is 1. The summed E-state index contributed by atoms with van der Waals surface area (Å²) in [6, 6.07) is 6.60. The molecule has 0 bridgehead atoms. The lowest BCUT2D eigenvalue weighted by Gasteiger charge is -2.38. The average Bonchev–Trinajstić information content (AvgIpc) is 3.31. The van der Waals surface area contributed by atoms with Crippen molar-refractivity contribution in [3.63, 3.8) is 0 Å². The van der Waals surface area contributed by atoms with Crippen LogP contribution in [-0.4, -0.2) is 69.7 Å². The molecule has 0 spiro atoms. The van der Waals surface area contributed by atoms with Crippen molar-refractivity contribution >= 4 is 21.6 Å². The van der Waals surface area contributed by atoms with Gasteiger partial charge in [0.05, 0.1) is 21.2 Å². The van der Waals surface area contributed by atoms with E-state index in [1.807, 2.05) is 4.90 Å². The van der Waals surface area contributed by atoms with Gasteiger partial charge in [-0.2, -0.15) is 13.2 Å². The number of alkyl halides is 3. The molecule has 1 aromatic heterocycles. The van der Waals surface area contributed by atoms with Gasteiger partial charge in [-0.15, -0.1) is 4.36 Å². The molecule has 1 aromatic carbocycles. The summed E-state index contributed by atoms with van der Waals surface area (Å²) < 4.78 is 59.2. The topological polar surface area (TPSA) is 88.0 Å². The summed E-state index contributed by atoms with van der Waals surface area (Å²) in [4.78, 5) is 23.9. The third-order valence-electron chi connectivity index (χ3n) is 6.19. The summed E-state index contributed by atoms with van der Waals surface area (Å²) in [5.41, 5.74) is 2.44. The van der Waals surface area contributed by atoms with Crippen LogP contribution in [0.5, 0.6) is 5.75 Å². The van der Waals surface area contributed by atoms with Gasteiger partial charge in [0.2, 0.25) is 5.95 Å². The number of hydrogen-bond donors (Lipinski definition) is 0. The second kappa shape index (κ2) is 9.49. The number of benzene rings is 1. The molecule has 1 fully saturated rings. The first-order valence-electron chi connectivity index (χ1n) is 11.0. The minimum Gasteiger partial charge on any atom is -0.493 e. The van der Waals surface area contributed by atoms with Crippen LogP contribution in [0.3, 0.4) is 0 Å². The summed E-state index contributed by atoms with van der Waals surface area (Å²) >= 11 is 0. The van der Waals surface area contributed by atoms with Crippen LogP contribution in [0, 0.1) is 0 Å². The number of hydrogen-bond acceptors (Lipinski definition) is 7. The molecule has 8 nitrogen and oxygen atoms in total. The molecule has 2 aliphatic rings. The van der Waals surface area contributed by atoms with Crippen molar-refractivity contribution in [3.05, 3.63) is 41.7 Å². The molecular weight excluding hydrogens is 471 g/mol. The highest BCUT2D eigenvalue weighted by atomic mass is 32.2. The van der Waals surface area contributed by atoms with E-state index in [1.54, 1.807) is 0 Å². The highest BCUT2D eigenvalue weighted by molar-refractivity contribution is 7.93. The maximum absolute atomic E-state index is 12.8. The van der Waals surface area contributed by atoms with E-state index < -0.39 is 21.8 Å². The van der Waals surface area contributed by atoms with Crippen molar-refractivity contribution in [2.75, 3.05) is 43.4 Å². The minimum absolute atomic E-state index is 0.0950. The molecule has 2 atom stereocenters. The van der Waals surface area contributed by atoms with Crippen molar-refractivity contribution < 1.29 is 26.9 Å². The van der Waals surface area contributed by atoms with Crippen LogP contribution in [0.1, 0.15) is 31.0 Å². The number of anilines is 1. The zero-order chi connectivity index (χ0) is 24.5. The molecule has 0 saturated carbocycles. The van der Waals surface area contributed by atoms with Crippen LogP contribution in [0.25, 0.3) is 0 Å². The molecule has 2 unspecified atom stereocenters. The van der Waals surface area contributed by atoms with Crippen molar-refractivity contribution in [1.82, 2.24) is 14.9 Å². The Hall–Kier alpha value is -2.73. The third-order valence-corrected chi connectivity index (χ3v) is 8.39. The lowest BCUT2D eigenvalue weighted by atomic mass is 10.0. The maximum atomic E-state index is 12.8. The van der Waals surface area contributed by atoms with Gasteiger partial charge in [0.1, 0.15) is 5.75 Å². The summed E-state index contributed by atoms with van der Waals surface area (Å²) in [7, 11) is -3.60. The SMILES string of the molecule is CCS(=O)(=NC(=O)C(F)(F)F)c1cnc(N2CCN(C(C)c3ccc4c(c3)OCC4)CC2)nc1. The van der Waals surface area contributed by atoms with Gasteiger partial charge >= 0.3 is 12.1 Å². The van der Waals surface area contributed by atoms with E-state index in [0.29, 0.717) is 19.0 Å². The largest absolute Gasteiger partial charge is 0.493 e. The summed E-state index contributed by atoms with van der Waals surface area (Å²) in [5, 5.41) is 0. The fraction of sp³-hybridized carbons (Fsp3) is 0.500. The normalized spacial score (nSPS) is 19.1. The Labute approximate surface area is 196 Å². The second-order valence-electron chi connectivity index (χ2n) is 8.21. The number of ether oxygens (including phenoxy) is 1. The molecule has 0 aliphatic carbocycles. The number of rotatable bonds is 5. The third kappa shape index (κ3) is 5.02. The molecule has 184 valence electrons. The summed E-state index contributed by atoms with van der Waals surface area (Å²) in [6.07, 6.45) is -1.84. The number of halogens is 3. The Kier molecular flexibility index (Phi) is 6.81. The fourth-order valence-electron chi connectivity index (χ4n) is 4.07. The molecule has 1 saturated heterocycles. The quantitative estimate of drug-likeness (QED) is 0.627. The molecule has 0 radical (unpaired) electrons. The molecule has 1 amide bonds. The summed E-state index contributed by atoms with van der Waals surface area (Å²) in [6.45, 7) is 7.14. The van der Waals surface area contributed by atoms with E-state index >= 15 is 0 Å². The Balaban J connectivity index is 1.41. The maximum Gasteiger partial charge on any atom is 0.474 e. The lowest BCUT2D eigenvalue weighted by molar-refractivity contribution is -0.169. The Morgan fingerprint density at radius 2 is 1.88 bits per heavy atom. The van der Waals surface area contributed by atoms with Crippen molar-refractivity contribution in [2.24, 2.45) is 4.36 Å². The van der Waals surface area contributed by atoms with Crippen LogP contribution < -0.4 is 9.64 Å². The fourth-order valence-corrected chi connectivity index (χ4v) is 5.44. The smallest absolute Gasteiger partial charge is 0.474 e. The predicted molar refractivity (Wildman–Crippen MR) is 120 cm³/mol. The van der Waals surface area contributed by atoms with E-state index in [4.69, 9.17) is 4.74 Å². The van der Waals surface area contributed by atoms with Gasteiger partial charge in [0, 0.05) is 56.8 Å². The molecule has 12 heteroatoms. The number of aromatic nitrogens is 2. The van der Waals surface area contributed by atoms with Crippen molar-refractivity contribution in [1.29, 1.82) is 0 Å². The van der Waals surface area contributed by atoms with Gasteiger partial charge in [-0.05, 0) is 24.1 Å². The molecule has 3 heterocycles. The molecule has 2 aliphatic heterocycles. The number of nitrogens with zero attached hydrogens (tertiary/aromatic N) is 5. The van der Waals surface area contributed by atoms with E-state index in [-0.39, 0.29) is 16.7 Å². The number of carbonyl (C=O) groups is 1. The average molecular weight is 498 g/mol. The molecule has 0 N–H and O–H groups in total. The van der Waals surface area contributed by atoms with Crippen LogP contribution >= 0.6 is 0 Å². The van der Waals surface area contributed by atoms with Gasteiger partial charge < -0.3 is 9.64 Å². The second-order valence-corrected chi connectivity index (χ2v) is 10.7. The van der Waals surface area contributed by atoms with E-state index in [1.165, 1.54) is 30.4 Å². The first kappa shape index (κ1) is 24.4. The number of fused-ring (bicyclic) bond motifs is 1. The highest BCUT2D eigenvalue weighted by Gasteiger charge is 2.40. The highest BCUT2D eigenvalue weighted by Crippen LogP contribution is 2.31. The zero-order valence-electron chi connectivity index (χ0n) is 18.9. The zero-order valence-corrected chi connectivity index (χ0v) is 19.7. The first-order chi connectivity index (χ1) is 16.1. The monoisotopic (exact) mass is 497 g/mol. The van der Waals surface area contributed by atoms with E-state index in [0.717, 1.165) is 31.9 Å². The Bertz CT molecular complexity index is 1170. The standard InChI is InChI=1S/C22H26F3N5O3S/c1-3-34(32,28-20(31)22(23,24)25)18-13-26-21(27-14-18)30-9-7-29(8-10-30)15(2)17-5-4-16-6-11-33-19(16)12-17/h4-5,12-15H,3,6-11H2,1-2H3. The van der Waals surface area contributed by atoms with Crippen molar-refractivity contribution in [2.45, 2.75) is 37.4 Å². The molecule has 34 heavy (non-hydrogen) atoms. The van der Waals surface area contributed by atoms with Crippen LogP contribution in [0.2, 0.25) is 0 Å². The number of piperazine rings is 1. The first-order valence-corrected chi connectivity index (χ1v) is 12.7. The van der Waals surface area contributed by atoms with E-state index in [9.17, 15) is 22.2 Å². The van der Waals surface area contributed by atoms with Gasteiger partial charge in [-0.25, -0.2) is 14.2 Å². The van der Waals surface area contributed by atoms with Gasteiger partial charge in [0.25, 0.3) is 0 Å². The van der Waals surface area contributed by atoms with E-state index in [2.05, 4.69) is 44.4 Å². The molecular formula is C22H26F3N5O3S. The molecule has 4 rings (SSSR count). The van der Waals surface area contributed by atoms with Crippen LogP contribution in [0.4, 0.5) is 19.1 Å². The Morgan fingerprint density at radius 3 is 2.50 bits per heavy atom. The minimum atomic E-state index is -5.18. The van der Waals surface area contributed by atoms with Crippen LogP contribution in [-0.2, 0) is 20.9 Å². The Morgan fingerprint density at radius 1 is 1.21 bits per heavy atom. The van der Waals surface area contributed by atoms with Gasteiger partial charge in [-0.3, -0.25) is 9.69 Å². The van der Waals surface area contributed by atoms with Crippen LogP contribution in [0.15, 0.2) is 39.9 Å². The molecule has 2 aromatic rings. The van der Waals surface area contributed by atoms with Crippen molar-refractivity contribution in [3.8, 4) is 5.75 Å². The lowest BCUT2D eigenvalue weighted by Crippen LogP contribution is -2.47. The number of amides is 1. The van der Waals surface area contributed by atoms with Gasteiger partial charge in [0.15, 0.2) is 0 Å². The predicted octanol–water partition coefficient (Wildman–Crippen LogP) is 3.23. The van der Waals surface area contributed by atoms with Gasteiger partial charge in [-0.1, -0.05) is 19.1 Å². The summed E-state index contributed by atoms with van der Waals surface area (Å²) in [5.74, 6) is -1.28.